The van der Waals surface area contributed by atoms with Gasteiger partial charge in [0.2, 0.25) is 0 Å². The first kappa shape index (κ1) is 14.5. The van der Waals surface area contributed by atoms with Crippen LogP contribution in [0.3, 0.4) is 0 Å². The number of aromatic amines is 1. The SMILES string of the molecule is CCCc1nc(CC(C)(C)N2CCNCC2)[nH]c1C. The van der Waals surface area contributed by atoms with Gasteiger partial charge in [0, 0.05) is 43.8 Å². The number of aromatic nitrogens is 2. The lowest BCUT2D eigenvalue weighted by Crippen LogP contribution is -2.54. The quantitative estimate of drug-likeness (QED) is 0.853. The van der Waals surface area contributed by atoms with Crippen LogP contribution in [-0.2, 0) is 12.8 Å². The molecule has 1 aromatic heterocycles. The summed E-state index contributed by atoms with van der Waals surface area (Å²) in [6, 6.07) is 0. The summed E-state index contributed by atoms with van der Waals surface area (Å²) in [5.74, 6) is 1.14. The van der Waals surface area contributed by atoms with Gasteiger partial charge in [-0.15, -0.1) is 0 Å². The predicted octanol–water partition coefficient (Wildman–Crippen LogP) is 1.90. The minimum Gasteiger partial charge on any atom is -0.346 e. The number of nitrogens with one attached hydrogen (secondary N) is 2. The van der Waals surface area contributed by atoms with Crippen LogP contribution < -0.4 is 5.32 Å². The van der Waals surface area contributed by atoms with Crippen LogP contribution in [0.15, 0.2) is 0 Å². The van der Waals surface area contributed by atoms with Gasteiger partial charge in [-0.3, -0.25) is 4.90 Å². The van der Waals surface area contributed by atoms with Crippen molar-refractivity contribution in [3.8, 4) is 0 Å². The Morgan fingerprint density at radius 3 is 2.58 bits per heavy atom. The smallest absolute Gasteiger partial charge is 0.108 e. The summed E-state index contributed by atoms with van der Waals surface area (Å²) >= 11 is 0. The van der Waals surface area contributed by atoms with Crippen molar-refractivity contribution < 1.29 is 0 Å². The van der Waals surface area contributed by atoms with Gasteiger partial charge < -0.3 is 10.3 Å². The lowest BCUT2D eigenvalue weighted by molar-refractivity contribution is 0.102. The van der Waals surface area contributed by atoms with E-state index in [0.717, 1.165) is 51.3 Å². The van der Waals surface area contributed by atoms with E-state index in [0.29, 0.717) is 0 Å². The van der Waals surface area contributed by atoms with E-state index in [1.54, 1.807) is 0 Å². The first-order valence-corrected chi connectivity index (χ1v) is 7.53. The molecule has 2 rings (SSSR count). The van der Waals surface area contributed by atoms with Gasteiger partial charge in [-0.2, -0.15) is 0 Å². The molecule has 0 saturated carbocycles. The molecule has 2 N–H and O–H groups in total. The first-order valence-electron chi connectivity index (χ1n) is 7.53. The highest BCUT2D eigenvalue weighted by Crippen LogP contribution is 2.20. The monoisotopic (exact) mass is 264 g/mol. The molecule has 0 unspecified atom stereocenters. The van der Waals surface area contributed by atoms with Crippen molar-refractivity contribution in [1.82, 2.24) is 20.2 Å². The average Bonchev–Trinajstić information content (AvgIpc) is 2.70. The van der Waals surface area contributed by atoms with Crippen molar-refractivity contribution in [1.29, 1.82) is 0 Å². The van der Waals surface area contributed by atoms with Crippen LogP contribution in [0.4, 0.5) is 0 Å². The van der Waals surface area contributed by atoms with Crippen molar-refractivity contribution >= 4 is 0 Å². The van der Waals surface area contributed by atoms with Gasteiger partial charge >= 0.3 is 0 Å². The van der Waals surface area contributed by atoms with E-state index < -0.39 is 0 Å². The van der Waals surface area contributed by atoms with Gasteiger partial charge in [0.05, 0.1) is 5.69 Å². The zero-order valence-corrected chi connectivity index (χ0v) is 12.8. The van der Waals surface area contributed by atoms with Crippen LogP contribution in [0.5, 0.6) is 0 Å². The average molecular weight is 264 g/mol. The molecule has 0 atom stereocenters. The number of nitrogens with zero attached hydrogens (tertiary/aromatic N) is 2. The number of imidazole rings is 1. The van der Waals surface area contributed by atoms with Gasteiger partial charge in [-0.25, -0.2) is 4.98 Å². The Kier molecular flexibility index (Phi) is 4.63. The molecule has 19 heavy (non-hydrogen) atoms. The number of piperazine rings is 1. The molecule has 4 heteroatoms. The van der Waals surface area contributed by atoms with E-state index in [-0.39, 0.29) is 5.54 Å². The highest BCUT2D eigenvalue weighted by Gasteiger charge is 2.29. The fourth-order valence-electron chi connectivity index (χ4n) is 2.92. The Hall–Kier alpha value is -0.870. The van der Waals surface area contributed by atoms with Gasteiger partial charge in [-0.1, -0.05) is 13.3 Å². The minimum absolute atomic E-state index is 0.176. The van der Waals surface area contributed by atoms with E-state index in [4.69, 9.17) is 4.98 Å². The Morgan fingerprint density at radius 2 is 1.95 bits per heavy atom. The number of rotatable bonds is 5. The van der Waals surface area contributed by atoms with Crippen LogP contribution in [0.2, 0.25) is 0 Å². The molecular formula is C15H28N4. The van der Waals surface area contributed by atoms with Gasteiger partial charge in [0.1, 0.15) is 5.82 Å². The summed E-state index contributed by atoms with van der Waals surface area (Å²) < 4.78 is 0. The summed E-state index contributed by atoms with van der Waals surface area (Å²) in [7, 11) is 0. The third-order valence-electron chi connectivity index (χ3n) is 4.09. The molecule has 0 radical (unpaired) electrons. The molecular weight excluding hydrogens is 236 g/mol. The molecule has 0 bridgehead atoms. The lowest BCUT2D eigenvalue weighted by atomic mass is 9.97. The number of hydrogen-bond acceptors (Lipinski definition) is 3. The standard InChI is InChI=1S/C15H28N4/c1-5-6-13-12(2)17-14(18-13)11-15(3,4)19-9-7-16-8-10-19/h16H,5-11H2,1-4H3,(H,17,18). The molecule has 1 aliphatic heterocycles. The molecule has 1 aromatic rings. The third-order valence-corrected chi connectivity index (χ3v) is 4.09. The molecule has 108 valence electrons. The normalized spacial score (nSPS) is 17.9. The topological polar surface area (TPSA) is 44.0 Å². The number of aryl methyl sites for hydroxylation is 2. The molecule has 4 nitrogen and oxygen atoms in total. The van der Waals surface area contributed by atoms with Crippen molar-refractivity contribution in [2.75, 3.05) is 26.2 Å². The van der Waals surface area contributed by atoms with Crippen LogP contribution >= 0.6 is 0 Å². The molecule has 0 spiro atoms. The van der Waals surface area contributed by atoms with Crippen LogP contribution in [-0.4, -0.2) is 46.6 Å². The Bertz CT molecular complexity index is 402. The summed E-state index contributed by atoms with van der Waals surface area (Å²) in [6.45, 7) is 13.5. The maximum Gasteiger partial charge on any atom is 0.108 e. The van der Waals surface area contributed by atoms with Crippen LogP contribution in [0, 0.1) is 6.92 Å². The molecule has 0 aliphatic carbocycles. The van der Waals surface area contributed by atoms with E-state index in [9.17, 15) is 0 Å². The van der Waals surface area contributed by atoms with Crippen LogP contribution in [0.1, 0.15) is 44.4 Å². The first-order chi connectivity index (χ1) is 9.03. The van der Waals surface area contributed by atoms with Crippen molar-refractivity contribution in [3.05, 3.63) is 17.2 Å². The fraction of sp³-hybridized carbons (Fsp3) is 0.800. The van der Waals surface area contributed by atoms with E-state index in [2.05, 4.69) is 42.9 Å². The fourth-order valence-corrected chi connectivity index (χ4v) is 2.92. The molecule has 0 aromatic carbocycles. The highest BCUT2D eigenvalue weighted by molar-refractivity contribution is 5.14. The van der Waals surface area contributed by atoms with Crippen molar-refractivity contribution in [2.45, 2.75) is 52.5 Å². The molecule has 0 amide bonds. The number of hydrogen-bond donors (Lipinski definition) is 2. The molecule has 2 heterocycles. The summed E-state index contributed by atoms with van der Waals surface area (Å²) in [5, 5.41) is 3.42. The lowest BCUT2D eigenvalue weighted by Gasteiger charge is -2.40. The maximum absolute atomic E-state index is 4.78. The van der Waals surface area contributed by atoms with Gasteiger partial charge in [-0.05, 0) is 27.2 Å². The van der Waals surface area contributed by atoms with E-state index >= 15 is 0 Å². The summed E-state index contributed by atoms with van der Waals surface area (Å²) in [5.41, 5.74) is 2.66. The van der Waals surface area contributed by atoms with Gasteiger partial charge in [0.25, 0.3) is 0 Å². The molecule has 1 aliphatic rings. The van der Waals surface area contributed by atoms with Crippen molar-refractivity contribution in [2.24, 2.45) is 0 Å². The Morgan fingerprint density at radius 1 is 1.26 bits per heavy atom. The molecule has 1 saturated heterocycles. The van der Waals surface area contributed by atoms with Crippen LogP contribution in [0.25, 0.3) is 0 Å². The largest absolute Gasteiger partial charge is 0.346 e. The second-order valence-corrected chi connectivity index (χ2v) is 6.23. The minimum atomic E-state index is 0.176. The maximum atomic E-state index is 4.78. The Balaban J connectivity index is 2.04. The third kappa shape index (κ3) is 3.57. The summed E-state index contributed by atoms with van der Waals surface area (Å²) in [6.07, 6.45) is 3.24. The van der Waals surface area contributed by atoms with E-state index in [1.807, 2.05) is 0 Å². The summed E-state index contributed by atoms with van der Waals surface area (Å²) in [4.78, 5) is 10.8. The second-order valence-electron chi connectivity index (χ2n) is 6.23. The Labute approximate surface area is 117 Å². The highest BCUT2D eigenvalue weighted by atomic mass is 15.2. The zero-order valence-electron chi connectivity index (χ0n) is 12.8. The number of H-pyrrole nitrogens is 1. The molecule has 1 fully saturated rings. The predicted molar refractivity (Wildman–Crippen MR) is 79.5 cm³/mol. The second kappa shape index (κ2) is 6.06. The van der Waals surface area contributed by atoms with E-state index in [1.165, 1.54) is 11.4 Å². The van der Waals surface area contributed by atoms with Gasteiger partial charge in [0.15, 0.2) is 0 Å². The zero-order chi connectivity index (χ0) is 13.9. The van der Waals surface area contributed by atoms with Crippen molar-refractivity contribution in [3.63, 3.8) is 0 Å².